The number of hydrogen-bond donors (Lipinski definition) is 0. The molecule has 0 saturated heterocycles. The van der Waals surface area contributed by atoms with Gasteiger partial charge in [0, 0.05) is 6.07 Å². The summed E-state index contributed by atoms with van der Waals surface area (Å²) in [6.07, 6.45) is 0. The summed E-state index contributed by atoms with van der Waals surface area (Å²) in [5.74, 6) is -12.5. The molecule has 0 atom stereocenters. The minimum Gasteiger partial charge on any atom is -0.258 e. The largest absolute Gasteiger partial charge is 0.304 e. The maximum absolute atomic E-state index is 13.5. The molecule has 2 aromatic rings. The van der Waals surface area contributed by atoms with Crippen molar-refractivity contribution in [1.29, 1.82) is 0 Å². The lowest BCUT2D eigenvalue weighted by Gasteiger charge is -2.08. The first kappa shape index (κ1) is 14.8. The van der Waals surface area contributed by atoms with Gasteiger partial charge in [0.2, 0.25) is 11.6 Å². The minimum absolute atomic E-state index is 0.316. The molecular weight excluding hydrogens is 304 g/mol. The molecule has 2 aromatic carbocycles. The number of hydrogen-bond acceptors (Lipinski definition) is 2. The van der Waals surface area contributed by atoms with Gasteiger partial charge in [0.15, 0.2) is 23.3 Å². The van der Waals surface area contributed by atoms with Crippen LogP contribution in [0.2, 0.25) is 0 Å². The predicted octanol–water partition coefficient (Wildman–Crippen LogP) is 4.10. The molecule has 0 unspecified atom stereocenters. The first-order valence-electron chi connectivity index (χ1n) is 5.21. The van der Waals surface area contributed by atoms with Gasteiger partial charge in [-0.15, -0.1) is 0 Å². The summed E-state index contributed by atoms with van der Waals surface area (Å²) in [6, 6.07) is 1.55. The Balaban J connectivity index is 2.74. The zero-order valence-electron chi connectivity index (χ0n) is 9.76. The lowest BCUT2D eigenvalue weighted by atomic mass is 10.0. The Bertz CT molecular complexity index is 733. The van der Waals surface area contributed by atoms with Crippen molar-refractivity contribution < 1.29 is 31.3 Å². The van der Waals surface area contributed by atoms with Gasteiger partial charge in [0.25, 0.3) is 0 Å². The Kier molecular flexibility index (Phi) is 3.58. The molecule has 0 aliphatic carbocycles. The third-order valence-electron chi connectivity index (χ3n) is 2.64. The Labute approximate surface area is 112 Å². The second-order valence-electron chi connectivity index (χ2n) is 3.87. The van der Waals surface area contributed by atoms with Crippen LogP contribution in [-0.2, 0) is 0 Å². The molecule has 0 N–H and O–H groups in total. The summed E-state index contributed by atoms with van der Waals surface area (Å²) in [7, 11) is 0. The van der Waals surface area contributed by atoms with Gasteiger partial charge in [-0.3, -0.25) is 10.1 Å². The van der Waals surface area contributed by atoms with Crippen molar-refractivity contribution in [2.45, 2.75) is 0 Å². The second-order valence-corrected chi connectivity index (χ2v) is 3.87. The average Bonchev–Trinajstić information content (AvgIpc) is 2.43. The Morgan fingerprint density at radius 3 is 1.71 bits per heavy atom. The maximum Gasteiger partial charge on any atom is 0.304 e. The molecule has 0 aliphatic heterocycles. The van der Waals surface area contributed by atoms with Gasteiger partial charge in [-0.2, -0.15) is 4.39 Å². The molecular formula is C12H3F6NO2. The number of nitrogens with zero attached hydrogens (tertiary/aromatic N) is 1. The molecule has 0 bridgehead atoms. The molecule has 0 heterocycles. The van der Waals surface area contributed by atoms with Gasteiger partial charge in [-0.25, -0.2) is 22.0 Å². The summed E-state index contributed by atoms with van der Waals surface area (Å²) < 4.78 is 79.3. The molecule has 0 spiro atoms. The summed E-state index contributed by atoms with van der Waals surface area (Å²) in [5, 5.41) is 10.4. The van der Waals surface area contributed by atoms with Crippen LogP contribution >= 0.6 is 0 Å². The molecule has 21 heavy (non-hydrogen) atoms. The average molecular weight is 307 g/mol. The number of halogens is 6. The third kappa shape index (κ3) is 2.30. The van der Waals surface area contributed by atoms with Gasteiger partial charge in [-0.05, 0) is 17.7 Å². The second kappa shape index (κ2) is 5.08. The fraction of sp³-hybridized carbons (Fsp3) is 0. The van der Waals surface area contributed by atoms with Crippen LogP contribution in [0, 0.1) is 45.0 Å². The van der Waals surface area contributed by atoms with Gasteiger partial charge < -0.3 is 0 Å². The van der Waals surface area contributed by atoms with Crippen molar-refractivity contribution >= 4 is 5.69 Å². The van der Waals surface area contributed by atoms with E-state index in [1.807, 2.05) is 0 Å². The van der Waals surface area contributed by atoms with Crippen molar-refractivity contribution in [2.24, 2.45) is 0 Å². The molecule has 0 aromatic heterocycles. The fourth-order valence-corrected chi connectivity index (χ4v) is 1.67. The Hall–Kier alpha value is -2.58. The van der Waals surface area contributed by atoms with Crippen LogP contribution in [0.15, 0.2) is 18.2 Å². The van der Waals surface area contributed by atoms with Crippen molar-refractivity contribution in [3.63, 3.8) is 0 Å². The van der Waals surface area contributed by atoms with E-state index >= 15 is 0 Å². The highest BCUT2D eigenvalue weighted by molar-refractivity contribution is 5.66. The van der Waals surface area contributed by atoms with Crippen LogP contribution in [0.5, 0.6) is 0 Å². The van der Waals surface area contributed by atoms with E-state index in [1.165, 1.54) is 0 Å². The predicted molar refractivity (Wildman–Crippen MR) is 58.3 cm³/mol. The molecule has 110 valence electrons. The van der Waals surface area contributed by atoms with E-state index in [0.29, 0.717) is 18.2 Å². The lowest BCUT2D eigenvalue weighted by molar-refractivity contribution is -0.387. The highest BCUT2D eigenvalue weighted by atomic mass is 19.2. The van der Waals surface area contributed by atoms with E-state index in [0.717, 1.165) is 0 Å². The molecule has 2 rings (SSSR count). The molecule has 0 radical (unpaired) electrons. The quantitative estimate of drug-likeness (QED) is 0.276. The molecule has 9 heteroatoms. The van der Waals surface area contributed by atoms with Crippen LogP contribution in [0.25, 0.3) is 11.1 Å². The highest BCUT2D eigenvalue weighted by Crippen LogP contribution is 2.33. The van der Waals surface area contributed by atoms with Crippen molar-refractivity contribution in [3.05, 3.63) is 63.2 Å². The SMILES string of the molecule is O=[N+]([O-])c1ccc(-c2c(F)c(F)c(F)c(F)c2F)cc1F. The van der Waals surface area contributed by atoms with Crippen LogP contribution in [-0.4, -0.2) is 4.92 Å². The number of nitro benzene ring substituents is 1. The minimum atomic E-state index is -2.35. The first-order chi connectivity index (χ1) is 9.75. The zero-order valence-corrected chi connectivity index (χ0v) is 9.76. The molecule has 0 aliphatic rings. The van der Waals surface area contributed by atoms with E-state index in [4.69, 9.17) is 0 Å². The summed E-state index contributed by atoms with van der Waals surface area (Å²) in [6.45, 7) is 0. The standard InChI is InChI=1S/C12H3F6NO2/c13-5-3-4(1-2-6(5)19(20)21)7-8(14)10(16)12(18)11(17)9(7)15/h1-3H. The fourth-order valence-electron chi connectivity index (χ4n) is 1.67. The molecule has 0 fully saturated rings. The van der Waals surface area contributed by atoms with Crippen molar-refractivity contribution in [2.75, 3.05) is 0 Å². The Morgan fingerprint density at radius 1 is 0.810 bits per heavy atom. The smallest absolute Gasteiger partial charge is 0.258 e. The van der Waals surface area contributed by atoms with Crippen LogP contribution in [0.1, 0.15) is 0 Å². The number of rotatable bonds is 2. The van der Waals surface area contributed by atoms with Crippen LogP contribution in [0.4, 0.5) is 32.0 Å². The summed E-state index contributed by atoms with van der Waals surface area (Å²) in [4.78, 5) is 9.30. The summed E-state index contributed by atoms with van der Waals surface area (Å²) >= 11 is 0. The number of nitro groups is 1. The number of benzene rings is 2. The Morgan fingerprint density at radius 2 is 1.29 bits per heavy atom. The van der Waals surface area contributed by atoms with Gasteiger partial charge >= 0.3 is 5.69 Å². The maximum atomic E-state index is 13.5. The van der Waals surface area contributed by atoms with Gasteiger partial charge in [0.1, 0.15) is 0 Å². The summed E-state index contributed by atoms with van der Waals surface area (Å²) in [5.41, 5.74) is -3.08. The van der Waals surface area contributed by atoms with E-state index < -0.39 is 56.6 Å². The zero-order chi connectivity index (χ0) is 15.9. The first-order valence-corrected chi connectivity index (χ1v) is 5.21. The van der Waals surface area contributed by atoms with Crippen molar-refractivity contribution in [3.8, 4) is 11.1 Å². The van der Waals surface area contributed by atoms with E-state index in [2.05, 4.69) is 0 Å². The van der Waals surface area contributed by atoms with Crippen LogP contribution < -0.4 is 0 Å². The lowest BCUT2D eigenvalue weighted by Crippen LogP contribution is -2.04. The van der Waals surface area contributed by atoms with Crippen molar-refractivity contribution in [1.82, 2.24) is 0 Å². The van der Waals surface area contributed by atoms with Crippen LogP contribution in [0.3, 0.4) is 0 Å². The molecule has 0 saturated carbocycles. The highest BCUT2D eigenvalue weighted by Gasteiger charge is 2.27. The van der Waals surface area contributed by atoms with Gasteiger partial charge in [0.05, 0.1) is 10.5 Å². The van der Waals surface area contributed by atoms with E-state index in [1.54, 1.807) is 0 Å². The molecule has 3 nitrogen and oxygen atoms in total. The topological polar surface area (TPSA) is 43.1 Å². The van der Waals surface area contributed by atoms with Gasteiger partial charge in [-0.1, -0.05) is 0 Å². The normalized spacial score (nSPS) is 10.8. The van der Waals surface area contributed by atoms with E-state index in [-0.39, 0.29) is 0 Å². The molecule has 0 amide bonds. The third-order valence-corrected chi connectivity index (χ3v) is 2.64. The van der Waals surface area contributed by atoms with E-state index in [9.17, 15) is 36.5 Å². The monoisotopic (exact) mass is 307 g/mol.